The molecule has 0 spiro atoms. The Balaban J connectivity index is 2.30. The van der Waals surface area contributed by atoms with Gasteiger partial charge < -0.3 is 15.3 Å². The summed E-state index contributed by atoms with van der Waals surface area (Å²) in [6, 6.07) is 0. The zero-order valence-corrected chi connectivity index (χ0v) is 7.56. The van der Waals surface area contributed by atoms with Crippen LogP contribution in [0.15, 0.2) is 12.2 Å². The average molecular weight is 184 g/mol. The zero-order chi connectivity index (χ0) is 9.47. The molecular weight excluding hydrogens is 168 g/mol. The van der Waals surface area contributed by atoms with Gasteiger partial charge in [-0.1, -0.05) is 12.2 Å². The molecule has 2 unspecified atom stereocenters. The molecule has 0 heterocycles. The van der Waals surface area contributed by atoms with E-state index >= 15 is 0 Å². The summed E-state index contributed by atoms with van der Waals surface area (Å²) in [7, 11) is 0. The van der Waals surface area contributed by atoms with Crippen LogP contribution in [0.25, 0.3) is 0 Å². The van der Waals surface area contributed by atoms with Crippen LogP contribution in [0, 0.1) is 23.2 Å². The third-order valence-corrected chi connectivity index (χ3v) is 3.90. The van der Waals surface area contributed by atoms with E-state index in [0.717, 1.165) is 6.42 Å². The smallest absolute Gasteiger partial charge is 0.0518 e. The SMILES string of the molecule is OC[C@@H]1C2C=CC(C2)C1(CO)CO. The Morgan fingerprint density at radius 2 is 1.85 bits per heavy atom. The standard InChI is InChI=1S/C10H16O3/c11-4-9-7-1-2-8(3-7)10(9,5-12)6-13/h1-2,7-9,11-13H,3-6H2/t7?,8?,9-/m1/s1. The molecule has 3 nitrogen and oxygen atoms in total. The molecule has 0 aromatic rings. The van der Waals surface area contributed by atoms with Crippen molar-refractivity contribution in [1.29, 1.82) is 0 Å². The van der Waals surface area contributed by atoms with Gasteiger partial charge in [-0.2, -0.15) is 0 Å². The second-order valence-corrected chi connectivity index (χ2v) is 4.23. The summed E-state index contributed by atoms with van der Waals surface area (Å²) in [6.07, 6.45) is 5.16. The normalized spacial score (nSPS) is 40.1. The highest BCUT2D eigenvalue weighted by Gasteiger charge is 2.54. The first kappa shape index (κ1) is 9.19. The molecular formula is C10H16O3. The Hall–Kier alpha value is -0.380. The Kier molecular flexibility index (Phi) is 2.18. The molecule has 2 rings (SSSR count). The predicted octanol–water partition coefficient (Wildman–Crippen LogP) is -0.228. The van der Waals surface area contributed by atoms with Crippen molar-refractivity contribution in [2.75, 3.05) is 19.8 Å². The number of hydrogen-bond acceptors (Lipinski definition) is 3. The van der Waals surface area contributed by atoms with Crippen molar-refractivity contribution >= 4 is 0 Å². The van der Waals surface area contributed by atoms with Crippen molar-refractivity contribution in [1.82, 2.24) is 0 Å². The molecule has 1 saturated carbocycles. The predicted molar refractivity (Wildman–Crippen MR) is 47.9 cm³/mol. The van der Waals surface area contributed by atoms with E-state index in [1.807, 2.05) is 0 Å². The van der Waals surface area contributed by atoms with Gasteiger partial charge in [0, 0.05) is 12.0 Å². The Morgan fingerprint density at radius 3 is 2.31 bits per heavy atom. The van der Waals surface area contributed by atoms with Crippen molar-refractivity contribution in [2.24, 2.45) is 23.2 Å². The van der Waals surface area contributed by atoms with Gasteiger partial charge in [0.05, 0.1) is 13.2 Å². The van der Waals surface area contributed by atoms with E-state index in [1.54, 1.807) is 0 Å². The van der Waals surface area contributed by atoms with E-state index in [9.17, 15) is 15.3 Å². The van der Waals surface area contributed by atoms with Gasteiger partial charge in [-0.05, 0) is 24.2 Å². The summed E-state index contributed by atoms with van der Waals surface area (Å²) in [4.78, 5) is 0. The highest BCUT2D eigenvalue weighted by Crippen LogP contribution is 2.55. The van der Waals surface area contributed by atoms with Gasteiger partial charge in [0.2, 0.25) is 0 Å². The Labute approximate surface area is 77.7 Å². The molecule has 3 heteroatoms. The topological polar surface area (TPSA) is 60.7 Å². The van der Waals surface area contributed by atoms with Crippen LogP contribution in [0.3, 0.4) is 0 Å². The zero-order valence-electron chi connectivity index (χ0n) is 7.56. The van der Waals surface area contributed by atoms with Crippen LogP contribution in [0.4, 0.5) is 0 Å². The lowest BCUT2D eigenvalue weighted by Gasteiger charge is -2.38. The van der Waals surface area contributed by atoms with Crippen LogP contribution in [0.1, 0.15) is 6.42 Å². The molecule has 0 aliphatic heterocycles. The quantitative estimate of drug-likeness (QED) is 0.531. The van der Waals surface area contributed by atoms with E-state index < -0.39 is 5.41 Å². The lowest BCUT2D eigenvalue weighted by molar-refractivity contribution is -0.0268. The van der Waals surface area contributed by atoms with E-state index in [2.05, 4.69) is 12.2 Å². The van der Waals surface area contributed by atoms with Gasteiger partial charge in [0.25, 0.3) is 0 Å². The molecule has 0 saturated heterocycles. The molecule has 0 radical (unpaired) electrons. The first-order valence-corrected chi connectivity index (χ1v) is 4.79. The molecule has 2 aliphatic rings. The van der Waals surface area contributed by atoms with Gasteiger partial charge >= 0.3 is 0 Å². The summed E-state index contributed by atoms with van der Waals surface area (Å²) < 4.78 is 0. The first-order valence-electron chi connectivity index (χ1n) is 4.79. The van der Waals surface area contributed by atoms with E-state index in [0.29, 0.717) is 5.92 Å². The molecule has 74 valence electrons. The molecule has 3 atom stereocenters. The highest BCUT2D eigenvalue weighted by atomic mass is 16.3. The molecule has 0 aromatic carbocycles. The van der Waals surface area contributed by atoms with E-state index in [4.69, 9.17) is 0 Å². The fourth-order valence-electron chi connectivity index (χ4n) is 2.99. The van der Waals surface area contributed by atoms with Crippen LogP contribution in [0.5, 0.6) is 0 Å². The van der Waals surface area contributed by atoms with Gasteiger partial charge in [-0.15, -0.1) is 0 Å². The van der Waals surface area contributed by atoms with Crippen molar-refractivity contribution in [3.8, 4) is 0 Å². The number of aliphatic hydroxyl groups is 3. The molecule has 1 fully saturated rings. The largest absolute Gasteiger partial charge is 0.396 e. The molecule has 2 aliphatic carbocycles. The minimum absolute atomic E-state index is 0.0275. The maximum Gasteiger partial charge on any atom is 0.0518 e. The van der Waals surface area contributed by atoms with Gasteiger partial charge in [-0.25, -0.2) is 0 Å². The molecule has 3 N–H and O–H groups in total. The van der Waals surface area contributed by atoms with Crippen molar-refractivity contribution in [2.45, 2.75) is 6.42 Å². The van der Waals surface area contributed by atoms with Gasteiger partial charge in [-0.3, -0.25) is 0 Å². The summed E-state index contributed by atoms with van der Waals surface area (Å²) in [5.74, 6) is 0.649. The molecule has 0 aromatic heterocycles. The number of fused-ring (bicyclic) bond motifs is 2. The maximum absolute atomic E-state index is 9.34. The van der Waals surface area contributed by atoms with Gasteiger partial charge in [0.1, 0.15) is 0 Å². The van der Waals surface area contributed by atoms with Crippen LogP contribution in [0.2, 0.25) is 0 Å². The average Bonchev–Trinajstić information content (AvgIpc) is 2.74. The van der Waals surface area contributed by atoms with Crippen molar-refractivity contribution in [3.63, 3.8) is 0 Å². The van der Waals surface area contributed by atoms with Crippen LogP contribution < -0.4 is 0 Å². The molecule has 13 heavy (non-hydrogen) atoms. The van der Waals surface area contributed by atoms with E-state index in [-0.39, 0.29) is 31.7 Å². The second kappa shape index (κ2) is 3.08. The lowest BCUT2D eigenvalue weighted by atomic mass is 9.70. The minimum Gasteiger partial charge on any atom is -0.396 e. The number of hydrogen-bond donors (Lipinski definition) is 3. The fraction of sp³-hybridized carbons (Fsp3) is 0.800. The number of allylic oxidation sites excluding steroid dienone is 2. The molecule has 0 amide bonds. The Bertz CT molecular complexity index is 220. The number of rotatable bonds is 3. The van der Waals surface area contributed by atoms with Crippen LogP contribution >= 0.6 is 0 Å². The highest BCUT2D eigenvalue weighted by molar-refractivity contribution is 5.19. The monoisotopic (exact) mass is 184 g/mol. The second-order valence-electron chi connectivity index (χ2n) is 4.23. The van der Waals surface area contributed by atoms with E-state index in [1.165, 1.54) is 0 Å². The summed E-state index contributed by atoms with van der Waals surface area (Å²) in [5, 5.41) is 27.9. The van der Waals surface area contributed by atoms with Crippen molar-refractivity contribution < 1.29 is 15.3 Å². The van der Waals surface area contributed by atoms with Crippen LogP contribution in [-0.4, -0.2) is 35.1 Å². The summed E-state index contributed by atoms with van der Waals surface area (Å²) >= 11 is 0. The minimum atomic E-state index is -0.464. The third-order valence-electron chi connectivity index (χ3n) is 3.90. The van der Waals surface area contributed by atoms with Crippen molar-refractivity contribution in [3.05, 3.63) is 12.2 Å². The third kappa shape index (κ3) is 1.01. The Morgan fingerprint density at radius 1 is 1.15 bits per heavy atom. The number of aliphatic hydroxyl groups excluding tert-OH is 3. The van der Waals surface area contributed by atoms with Crippen LogP contribution in [-0.2, 0) is 0 Å². The molecule has 2 bridgehead atoms. The fourth-order valence-corrected chi connectivity index (χ4v) is 2.99. The summed E-state index contributed by atoms with van der Waals surface area (Å²) in [6.45, 7) is 0.00704. The maximum atomic E-state index is 9.34. The lowest BCUT2D eigenvalue weighted by Crippen LogP contribution is -2.43. The van der Waals surface area contributed by atoms with Gasteiger partial charge in [0.15, 0.2) is 0 Å². The summed E-state index contributed by atoms with van der Waals surface area (Å²) in [5.41, 5.74) is -0.464. The first-order chi connectivity index (χ1) is 6.28.